The number of anilines is 1. The Hall–Kier alpha value is -2.31. The molecule has 1 N–H and O–H groups in total. The summed E-state index contributed by atoms with van der Waals surface area (Å²) in [4.78, 5) is 15.6. The third kappa shape index (κ3) is 2.27. The smallest absolute Gasteiger partial charge is 0.321 e. The summed E-state index contributed by atoms with van der Waals surface area (Å²) in [6.45, 7) is 0. The lowest BCUT2D eigenvalue weighted by Gasteiger charge is -2.05. The van der Waals surface area contributed by atoms with E-state index >= 15 is 0 Å². The number of pyridine rings is 1. The Balaban J connectivity index is 2.55. The topological polar surface area (TPSA) is 72.8 Å². The molecule has 0 spiro atoms. The van der Waals surface area contributed by atoms with E-state index in [1.165, 1.54) is 19.4 Å². The van der Waals surface area contributed by atoms with Crippen molar-refractivity contribution >= 4 is 5.95 Å². The molecule has 0 unspecified atom stereocenters. The molecule has 0 radical (unpaired) electrons. The molecule has 88 valence electrons. The van der Waals surface area contributed by atoms with Crippen molar-refractivity contribution in [2.75, 3.05) is 19.5 Å². The highest BCUT2D eigenvalue weighted by atomic mass is 19.1. The van der Waals surface area contributed by atoms with Crippen LogP contribution in [0.2, 0.25) is 0 Å². The van der Waals surface area contributed by atoms with E-state index in [1.54, 1.807) is 7.05 Å². The average Bonchev–Trinajstić information content (AvgIpc) is 2.38. The summed E-state index contributed by atoms with van der Waals surface area (Å²) in [5, 5.41) is 2.75. The van der Waals surface area contributed by atoms with Gasteiger partial charge < -0.3 is 10.1 Å². The highest BCUT2D eigenvalue weighted by Crippen LogP contribution is 2.20. The molecule has 0 aliphatic heterocycles. The van der Waals surface area contributed by atoms with E-state index in [9.17, 15) is 4.39 Å². The van der Waals surface area contributed by atoms with Gasteiger partial charge in [-0.3, -0.25) is 4.98 Å². The van der Waals surface area contributed by atoms with E-state index in [0.717, 1.165) is 6.20 Å². The van der Waals surface area contributed by atoms with Crippen molar-refractivity contribution in [3.63, 3.8) is 0 Å². The molecule has 0 saturated carbocycles. The molecule has 17 heavy (non-hydrogen) atoms. The van der Waals surface area contributed by atoms with E-state index in [4.69, 9.17) is 4.74 Å². The van der Waals surface area contributed by atoms with E-state index < -0.39 is 5.82 Å². The summed E-state index contributed by atoms with van der Waals surface area (Å²) in [6.07, 6.45) is 2.57. The van der Waals surface area contributed by atoms with Crippen LogP contribution in [0, 0.1) is 5.82 Å². The maximum Gasteiger partial charge on any atom is 0.321 e. The van der Waals surface area contributed by atoms with Crippen LogP contribution in [0.5, 0.6) is 6.01 Å². The van der Waals surface area contributed by atoms with Gasteiger partial charge in [-0.25, -0.2) is 4.39 Å². The Kier molecular flexibility index (Phi) is 3.08. The normalized spacial score (nSPS) is 10.1. The number of aromatic nitrogens is 4. The van der Waals surface area contributed by atoms with Crippen LogP contribution in [-0.2, 0) is 0 Å². The van der Waals surface area contributed by atoms with Gasteiger partial charge in [-0.05, 0) is 6.07 Å². The fraction of sp³-hybridized carbons (Fsp3) is 0.200. The zero-order valence-corrected chi connectivity index (χ0v) is 9.31. The van der Waals surface area contributed by atoms with Gasteiger partial charge in [-0.1, -0.05) is 0 Å². The van der Waals surface area contributed by atoms with Crippen molar-refractivity contribution in [1.82, 2.24) is 19.9 Å². The third-order valence-electron chi connectivity index (χ3n) is 2.03. The number of nitrogens with zero attached hydrogens (tertiary/aromatic N) is 4. The first-order valence-corrected chi connectivity index (χ1v) is 4.82. The molecular weight excluding hydrogens is 225 g/mol. The van der Waals surface area contributed by atoms with Gasteiger partial charge >= 0.3 is 6.01 Å². The molecule has 0 atom stereocenters. The van der Waals surface area contributed by atoms with Gasteiger partial charge in [0.05, 0.1) is 18.9 Å². The quantitative estimate of drug-likeness (QED) is 0.859. The Morgan fingerprint density at radius 1 is 1.29 bits per heavy atom. The predicted molar refractivity (Wildman–Crippen MR) is 59.1 cm³/mol. The second kappa shape index (κ2) is 4.69. The van der Waals surface area contributed by atoms with Crippen LogP contribution in [0.1, 0.15) is 0 Å². The Morgan fingerprint density at radius 3 is 2.76 bits per heavy atom. The summed E-state index contributed by atoms with van der Waals surface area (Å²) >= 11 is 0. The number of nitrogens with one attached hydrogen (secondary N) is 1. The van der Waals surface area contributed by atoms with Crippen LogP contribution < -0.4 is 10.1 Å². The van der Waals surface area contributed by atoms with Crippen molar-refractivity contribution in [2.24, 2.45) is 0 Å². The fourth-order valence-electron chi connectivity index (χ4n) is 1.24. The maximum atomic E-state index is 13.5. The highest BCUT2D eigenvalue weighted by Gasteiger charge is 2.11. The number of ether oxygens (including phenoxy) is 1. The minimum Gasteiger partial charge on any atom is -0.467 e. The highest BCUT2D eigenvalue weighted by molar-refractivity contribution is 5.56. The van der Waals surface area contributed by atoms with Crippen LogP contribution in [0.15, 0.2) is 18.5 Å². The molecule has 0 saturated heterocycles. The number of hydrogen-bond acceptors (Lipinski definition) is 6. The molecule has 2 aromatic rings. The summed E-state index contributed by atoms with van der Waals surface area (Å²) in [5.74, 6) is 0.00645. The van der Waals surface area contributed by atoms with E-state index in [1.807, 2.05) is 0 Å². The first-order chi connectivity index (χ1) is 8.24. The molecular formula is C10H10FN5O. The van der Waals surface area contributed by atoms with Crippen LogP contribution in [-0.4, -0.2) is 34.1 Å². The lowest BCUT2D eigenvalue weighted by Crippen LogP contribution is -2.04. The van der Waals surface area contributed by atoms with Crippen molar-refractivity contribution < 1.29 is 9.13 Å². The van der Waals surface area contributed by atoms with Gasteiger partial charge in [0, 0.05) is 13.2 Å². The molecule has 0 bridgehead atoms. The molecule has 7 heteroatoms. The van der Waals surface area contributed by atoms with Crippen molar-refractivity contribution in [1.29, 1.82) is 0 Å². The van der Waals surface area contributed by atoms with E-state index in [2.05, 4.69) is 25.3 Å². The standard InChI is InChI=1S/C10H10FN5O/c1-12-9-14-8(15-10(16-9)17-2)6-3-4-13-5-7(6)11/h3-5H,1-2H3,(H,12,14,15,16). The van der Waals surface area contributed by atoms with Crippen LogP contribution in [0.3, 0.4) is 0 Å². The molecule has 6 nitrogen and oxygen atoms in total. The zero-order chi connectivity index (χ0) is 12.3. The van der Waals surface area contributed by atoms with Gasteiger partial charge in [0.15, 0.2) is 11.6 Å². The number of halogens is 1. The largest absolute Gasteiger partial charge is 0.467 e. The molecule has 0 aliphatic carbocycles. The third-order valence-corrected chi connectivity index (χ3v) is 2.03. The van der Waals surface area contributed by atoms with Gasteiger partial charge in [0.25, 0.3) is 0 Å². The second-order valence-electron chi connectivity index (χ2n) is 3.07. The van der Waals surface area contributed by atoms with Gasteiger partial charge in [-0.15, -0.1) is 0 Å². The SMILES string of the molecule is CNc1nc(OC)nc(-c2ccncc2F)n1. The molecule has 0 aliphatic rings. The molecule has 0 amide bonds. The summed E-state index contributed by atoms with van der Waals surface area (Å²) in [6, 6.07) is 1.61. The first-order valence-electron chi connectivity index (χ1n) is 4.82. The van der Waals surface area contributed by atoms with Gasteiger partial charge in [0.2, 0.25) is 5.95 Å². The van der Waals surface area contributed by atoms with Crippen molar-refractivity contribution in [3.8, 4) is 17.4 Å². The molecule has 0 fully saturated rings. The van der Waals surface area contributed by atoms with Crippen LogP contribution >= 0.6 is 0 Å². The number of hydrogen-bond donors (Lipinski definition) is 1. The minimum atomic E-state index is -0.497. The predicted octanol–water partition coefficient (Wildman–Crippen LogP) is 1.12. The first kappa shape index (κ1) is 11.2. The Morgan fingerprint density at radius 2 is 2.12 bits per heavy atom. The summed E-state index contributed by atoms with van der Waals surface area (Å²) in [5.41, 5.74) is 0.247. The van der Waals surface area contributed by atoms with E-state index in [0.29, 0.717) is 5.95 Å². The molecule has 2 heterocycles. The second-order valence-corrected chi connectivity index (χ2v) is 3.07. The monoisotopic (exact) mass is 235 g/mol. The van der Waals surface area contributed by atoms with Crippen LogP contribution in [0.4, 0.5) is 10.3 Å². The summed E-state index contributed by atoms with van der Waals surface area (Å²) in [7, 11) is 3.09. The zero-order valence-electron chi connectivity index (χ0n) is 9.31. The van der Waals surface area contributed by atoms with Gasteiger partial charge in [-0.2, -0.15) is 15.0 Å². The number of rotatable bonds is 3. The lowest BCUT2D eigenvalue weighted by atomic mass is 10.2. The van der Waals surface area contributed by atoms with Crippen molar-refractivity contribution in [3.05, 3.63) is 24.3 Å². The Bertz CT molecular complexity index is 512. The summed E-state index contributed by atoms with van der Waals surface area (Å²) < 4.78 is 18.4. The molecule has 0 aromatic carbocycles. The fourth-order valence-corrected chi connectivity index (χ4v) is 1.24. The number of methoxy groups -OCH3 is 1. The van der Waals surface area contributed by atoms with Crippen molar-refractivity contribution in [2.45, 2.75) is 0 Å². The van der Waals surface area contributed by atoms with Gasteiger partial charge in [0.1, 0.15) is 0 Å². The molecule has 2 aromatic heterocycles. The lowest BCUT2D eigenvalue weighted by molar-refractivity contribution is 0.379. The Labute approximate surface area is 96.9 Å². The molecule has 2 rings (SSSR count). The average molecular weight is 235 g/mol. The minimum absolute atomic E-state index is 0.121. The van der Waals surface area contributed by atoms with Crippen LogP contribution in [0.25, 0.3) is 11.4 Å². The van der Waals surface area contributed by atoms with E-state index in [-0.39, 0.29) is 17.4 Å². The maximum absolute atomic E-state index is 13.5.